The van der Waals surface area contributed by atoms with Gasteiger partial charge in [0.2, 0.25) is 5.91 Å². The molecule has 6 nitrogen and oxygen atoms in total. The van der Waals surface area contributed by atoms with Crippen LogP contribution in [0, 0.1) is 0 Å². The van der Waals surface area contributed by atoms with Crippen molar-refractivity contribution in [2.24, 2.45) is 0 Å². The quantitative estimate of drug-likeness (QED) is 0.765. The Bertz CT molecular complexity index is 406. The van der Waals surface area contributed by atoms with E-state index in [1.165, 1.54) is 19.2 Å². The highest BCUT2D eigenvalue weighted by atomic mass is 16.2. The lowest BCUT2D eigenvalue weighted by molar-refractivity contribution is -0.136. The van der Waals surface area contributed by atoms with Crippen molar-refractivity contribution in [3.05, 3.63) is 12.7 Å². The molecule has 3 rings (SSSR count). The number of aromatic nitrogens is 3. The fraction of sp³-hybridized carbons (Fsp3) is 0.750. The zero-order valence-corrected chi connectivity index (χ0v) is 10.7. The van der Waals surface area contributed by atoms with Crippen LogP contribution in [-0.2, 0) is 4.79 Å². The van der Waals surface area contributed by atoms with Gasteiger partial charge in [-0.3, -0.25) is 9.69 Å². The first-order valence-electron chi connectivity index (χ1n) is 6.62. The minimum absolute atomic E-state index is 0.149. The van der Waals surface area contributed by atoms with Crippen LogP contribution in [0.15, 0.2) is 12.7 Å². The summed E-state index contributed by atoms with van der Waals surface area (Å²) in [7, 11) is 0. The fourth-order valence-electron chi connectivity index (χ4n) is 2.54. The number of piperazine rings is 1. The Balaban J connectivity index is 1.56. The van der Waals surface area contributed by atoms with Crippen LogP contribution in [0.3, 0.4) is 0 Å². The largest absolute Gasteiger partial charge is 0.338 e. The van der Waals surface area contributed by atoms with Crippen molar-refractivity contribution in [1.29, 1.82) is 0 Å². The van der Waals surface area contributed by atoms with Crippen molar-refractivity contribution in [3.8, 4) is 0 Å². The normalized spacial score (nSPS) is 23.1. The smallest absolute Gasteiger partial charge is 0.247 e. The lowest BCUT2D eigenvalue weighted by atomic mass is 10.2. The van der Waals surface area contributed by atoms with Crippen LogP contribution in [0.4, 0.5) is 0 Å². The Morgan fingerprint density at radius 2 is 2.00 bits per heavy atom. The lowest BCUT2D eigenvalue weighted by Gasteiger charge is -2.35. The van der Waals surface area contributed by atoms with Crippen LogP contribution in [-0.4, -0.2) is 62.7 Å². The zero-order valence-electron chi connectivity index (χ0n) is 10.7. The second kappa shape index (κ2) is 4.68. The van der Waals surface area contributed by atoms with Crippen molar-refractivity contribution < 1.29 is 4.79 Å². The van der Waals surface area contributed by atoms with Gasteiger partial charge in [-0.05, 0) is 19.8 Å². The highest BCUT2D eigenvalue weighted by molar-refractivity contribution is 5.80. The van der Waals surface area contributed by atoms with E-state index >= 15 is 0 Å². The monoisotopic (exact) mass is 249 g/mol. The molecule has 1 amide bonds. The Labute approximate surface area is 107 Å². The lowest BCUT2D eigenvalue weighted by Crippen LogP contribution is -2.50. The molecule has 0 radical (unpaired) electrons. The van der Waals surface area contributed by atoms with Gasteiger partial charge in [0.05, 0.1) is 0 Å². The molecule has 1 aromatic heterocycles. The Morgan fingerprint density at radius 3 is 2.56 bits per heavy atom. The molecule has 2 heterocycles. The van der Waals surface area contributed by atoms with Gasteiger partial charge in [0.1, 0.15) is 18.7 Å². The molecule has 1 saturated heterocycles. The van der Waals surface area contributed by atoms with Crippen LogP contribution in [0.25, 0.3) is 0 Å². The number of carbonyl (C=O) groups excluding carboxylic acids is 1. The topological polar surface area (TPSA) is 54.3 Å². The second-order valence-electron chi connectivity index (χ2n) is 5.14. The molecule has 1 aliphatic carbocycles. The Morgan fingerprint density at radius 1 is 1.28 bits per heavy atom. The SMILES string of the molecule is CC(C(=O)N1CCN(C2CC2)CC1)n1cncn1. The van der Waals surface area contributed by atoms with Gasteiger partial charge in [-0.15, -0.1) is 0 Å². The summed E-state index contributed by atoms with van der Waals surface area (Å²) in [6, 6.07) is 0.551. The van der Waals surface area contributed by atoms with Gasteiger partial charge in [-0.25, -0.2) is 9.67 Å². The van der Waals surface area contributed by atoms with Gasteiger partial charge in [-0.1, -0.05) is 0 Å². The predicted molar refractivity (Wildman–Crippen MR) is 65.9 cm³/mol. The van der Waals surface area contributed by atoms with Gasteiger partial charge in [-0.2, -0.15) is 5.10 Å². The molecule has 98 valence electrons. The highest BCUT2D eigenvalue weighted by Gasteiger charge is 2.33. The summed E-state index contributed by atoms with van der Waals surface area (Å²) in [5.41, 5.74) is 0. The van der Waals surface area contributed by atoms with E-state index in [2.05, 4.69) is 15.0 Å². The first-order valence-corrected chi connectivity index (χ1v) is 6.62. The molecule has 1 unspecified atom stereocenters. The Kier molecular flexibility index (Phi) is 3.03. The van der Waals surface area contributed by atoms with Crippen LogP contribution in [0.2, 0.25) is 0 Å². The molecule has 0 N–H and O–H groups in total. The summed E-state index contributed by atoms with van der Waals surface area (Å²) in [6.07, 6.45) is 5.74. The fourth-order valence-corrected chi connectivity index (χ4v) is 2.54. The van der Waals surface area contributed by atoms with E-state index in [0.717, 1.165) is 32.2 Å². The maximum absolute atomic E-state index is 12.3. The zero-order chi connectivity index (χ0) is 12.5. The minimum Gasteiger partial charge on any atom is -0.338 e. The second-order valence-corrected chi connectivity index (χ2v) is 5.14. The molecular formula is C12H19N5O. The third-order valence-electron chi connectivity index (χ3n) is 3.88. The maximum atomic E-state index is 12.3. The highest BCUT2D eigenvalue weighted by Crippen LogP contribution is 2.27. The Hall–Kier alpha value is -1.43. The molecule has 6 heteroatoms. The van der Waals surface area contributed by atoms with Crippen LogP contribution in [0.5, 0.6) is 0 Å². The summed E-state index contributed by atoms with van der Waals surface area (Å²) in [4.78, 5) is 20.6. The van der Waals surface area contributed by atoms with Crippen molar-refractivity contribution >= 4 is 5.91 Å². The number of amides is 1. The van der Waals surface area contributed by atoms with E-state index in [-0.39, 0.29) is 11.9 Å². The molecule has 18 heavy (non-hydrogen) atoms. The summed E-state index contributed by atoms with van der Waals surface area (Å²) in [5, 5.41) is 4.03. The van der Waals surface area contributed by atoms with Gasteiger partial charge >= 0.3 is 0 Å². The molecule has 0 spiro atoms. The first-order chi connectivity index (χ1) is 8.75. The van der Waals surface area contributed by atoms with Gasteiger partial charge in [0, 0.05) is 32.2 Å². The average Bonchev–Trinajstić information content (AvgIpc) is 3.12. The third-order valence-corrected chi connectivity index (χ3v) is 3.88. The molecule has 2 aliphatic rings. The molecule has 0 bridgehead atoms. The number of nitrogens with zero attached hydrogens (tertiary/aromatic N) is 5. The maximum Gasteiger partial charge on any atom is 0.247 e. The number of rotatable bonds is 3. The van der Waals surface area contributed by atoms with Gasteiger partial charge in [0.15, 0.2) is 0 Å². The summed E-state index contributed by atoms with van der Waals surface area (Å²) in [6.45, 7) is 5.59. The molecule has 1 aromatic rings. The van der Waals surface area contributed by atoms with Crippen molar-refractivity contribution in [2.75, 3.05) is 26.2 Å². The summed E-state index contributed by atoms with van der Waals surface area (Å²) >= 11 is 0. The van der Waals surface area contributed by atoms with Gasteiger partial charge < -0.3 is 4.90 Å². The molecule has 1 saturated carbocycles. The van der Waals surface area contributed by atoms with E-state index in [0.29, 0.717) is 0 Å². The minimum atomic E-state index is -0.250. The van der Waals surface area contributed by atoms with Gasteiger partial charge in [0.25, 0.3) is 0 Å². The number of hydrogen-bond donors (Lipinski definition) is 0. The van der Waals surface area contributed by atoms with Crippen LogP contribution < -0.4 is 0 Å². The molecular weight excluding hydrogens is 230 g/mol. The summed E-state index contributed by atoms with van der Waals surface area (Å²) < 4.78 is 1.62. The van der Waals surface area contributed by atoms with E-state index in [4.69, 9.17) is 0 Å². The van der Waals surface area contributed by atoms with Crippen molar-refractivity contribution in [3.63, 3.8) is 0 Å². The van der Waals surface area contributed by atoms with E-state index < -0.39 is 0 Å². The summed E-state index contributed by atoms with van der Waals surface area (Å²) in [5.74, 6) is 0.149. The van der Waals surface area contributed by atoms with E-state index in [1.807, 2.05) is 11.8 Å². The molecule has 0 aromatic carbocycles. The molecule has 2 fully saturated rings. The van der Waals surface area contributed by atoms with Crippen molar-refractivity contribution in [2.45, 2.75) is 31.8 Å². The number of carbonyl (C=O) groups is 1. The van der Waals surface area contributed by atoms with E-state index in [9.17, 15) is 4.79 Å². The number of hydrogen-bond acceptors (Lipinski definition) is 4. The standard InChI is InChI=1S/C12H19N5O/c1-10(17-9-13-8-14-17)12(18)16-6-4-15(5-7-16)11-2-3-11/h8-11H,2-7H2,1H3. The van der Waals surface area contributed by atoms with Crippen molar-refractivity contribution in [1.82, 2.24) is 24.6 Å². The molecule has 1 aliphatic heterocycles. The third kappa shape index (κ3) is 2.25. The molecule has 1 atom stereocenters. The first kappa shape index (κ1) is 11.6. The van der Waals surface area contributed by atoms with E-state index in [1.54, 1.807) is 11.0 Å². The van der Waals surface area contributed by atoms with Crippen LogP contribution >= 0.6 is 0 Å². The van der Waals surface area contributed by atoms with Crippen LogP contribution in [0.1, 0.15) is 25.8 Å². The average molecular weight is 249 g/mol. The predicted octanol–water partition coefficient (Wildman–Crippen LogP) is 0.146.